The molecule has 0 bridgehead atoms. The van der Waals surface area contributed by atoms with Gasteiger partial charge in [0.2, 0.25) is 0 Å². The molecule has 4 rings (SSSR count). The van der Waals surface area contributed by atoms with Gasteiger partial charge >= 0.3 is 12.7 Å². The van der Waals surface area contributed by atoms with Crippen molar-refractivity contribution < 1.29 is 22.8 Å². The van der Waals surface area contributed by atoms with Crippen molar-refractivity contribution in [1.82, 2.24) is 4.48 Å². The number of nitro benzene ring substituents is 1. The van der Waals surface area contributed by atoms with E-state index in [1.54, 1.807) is 18.2 Å². The van der Waals surface area contributed by atoms with Gasteiger partial charge in [0.05, 0.1) is 17.6 Å². The van der Waals surface area contributed by atoms with Crippen LogP contribution >= 0.6 is 0 Å². The van der Waals surface area contributed by atoms with Gasteiger partial charge in [-0.3, -0.25) is 10.1 Å². The molecule has 3 heterocycles. The topological polar surface area (TPSA) is 60.3 Å². The normalized spacial score (nSPS) is 17.2. The van der Waals surface area contributed by atoms with Crippen LogP contribution in [0.4, 0.5) is 14.3 Å². The van der Waals surface area contributed by atoms with Crippen molar-refractivity contribution in [2.24, 2.45) is 0 Å². The quantitative estimate of drug-likeness (QED) is 0.489. The summed E-state index contributed by atoms with van der Waals surface area (Å²) in [5.74, 6) is 0.116. The van der Waals surface area contributed by atoms with E-state index in [4.69, 9.17) is 4.74 Å². The van der Waals surface area contributed by atoms with Crippen LogP contribution in [0.5, 0.6) is 5.75 Å². The number of rotatable bonds is 3. The minimum absolute atomic E-state index is 0.116. The van der Waals surface area contributed by atoms with Gasteiger partial charge in [-0.1, -0.05) is 0 Å². The third-order valence-electron chi connectivity index (χ3n) is 4.40. The predicted molar refractivity (Wildman–Crippen MR) is 88.9 cm³/mol. The Morgan fingerprint density at radius 1 is 1.32 bits per heavy atom. The van der Waals surface area contributed by atoms with Crippen molar-refractivity contribution in [1.29, 1.82) is 0 Å². The molecule has 0 atom stereocenters. The van der Waals surface area contributed by atoms with Gasteiger partial charge in [0, 0.05) is 23.9 Å². The number of hydrogen-bond acceptors (Lipinski definition) is 3. The van der Waals surface area contributed by atoms with Crippen molar-refractivity contribution in [2.45, 2.75) is 0 Å². The van der Waals surface area contributed by atoms with E-state index in [0.717, 1.165) is 8.96 Å². The summed E-state index contributed by atoms with van der Waals surface area (Å²) in [4.78, 5) is 10.7. The maximum atomic E-state index is 14.7. The van der Waals surface area contributed by atoms with E-state index in [9.17, 15) is 18.7 Å². The second kappa shape index (κ2) is 5.14. The Kier molecular flexibility index (Phi) is 3.15. The van der Waals surface area contributed by atoms with Crippen molar-refractivity contribution in [3.63, 3.8) is 0 Å². The van der Waals surface area contributed by atoms with E-state index >= 15 is 0 Å². The van der Waals surface area contributed by atoms with E-state index in [2.05, 4.69) is 0 Å². The average Bonchev–Trinajstić information content (AvgIpc) is 3.25. The summed E-state index contributed by atoms with van der Waals surface area (Å²) < 4.78 is 36.3. The second-order valence-corrected chi connectivity index (χ2v) is 5.71. The lowest BCUT2D eigenvalue weighted by molar-refractivity contribution is -0.385. The molecule has 0 N–H and O–H groups in total. The van der Waals surface area contributed by atoms with Gasteiger partial charge in [-0.15, -0.1) is 0 Å². The van der Waals surface area contributed by atoms with Crippen LogP contribution in [0.1, 0.15) is 11.3 Å². The smallest absolute Gasteiger partial charge is 0.490 e. The lowest BCUT2D eigenvalue weighted by Gasteiger charge is -2.30. The number of fused-ring (bicyclic) bond motifs is 2. The zero-order valence-corrected chi connectivity index (χ0v) is 13.1. The van der Waals surface area contributed by atoms with Crippen LogP contribution in [0.25, 0.3) is 5.57 Å². The molecule has 9 heteroatoms. The summed E-state index contributed by atoms with van der Waals surface area (Å²) in [7, 11) is 1.34. The minimum atomic E-state index is -3.99. The molecular formula is C16H12BF2N3O3. The number of allylic oxidation sites excluding steroid dienone is 2. The fourth-order valence-corrected chi connectivity index (χ4v) is 3.30. The van der Waals surface area contributed by atoms with E-state index in [0.29, 0.717) is 22.5 Å². The van der Waals surface area contributed by atoms with Crippen LogP contribution in [0.3, 0.4) is 0 Å². The Labute approximate surface area is 141 Å². The molecule has 2 aliphatic rings. The first kappa shape index (κ1) is 15.3. The first-order valence-corrected chi connectivity index (χ1v) is 7.52. The van der Waals surface area contributed by atoms with Crippen molar-refractivity contribution >= 4 is 24.4 Å². The molecule has 1 aromatic heterocycles. The molecule has 0 unspecified atom stereocenters. The highest BCUT2D eigenvalue weighted by atomic mass is 19.2. The number of methoxy groups -OCH3 is 1. The molecule has 0 fully saturated rings. The second-order valence-electron chi connectivity index (χ2n) is 5.71. The standard InChI is InChI=1S/C16H12BF2N3O3/c1-25-15-7-6-11(10-14(15)22(23)24)16-12-4-2-8-20(12)17(18,19)21-9-3-5-13(16)21/h2-10H,1H3. The van der Waals surface area contributed by atoms with E-state index in [1.165, 1.54) is 43.8 Å². The fraction of sp³-hybridized carbons (Fsp3) is 0.0625. The number of nitro groups is 1. The van der Waals surface area contributed by atoms with Gasteiger partial charge in [0.25, 0.3) is 0 Å². The van der Waals surface area contributed by atoms with E-state index < -0.39 is 11.9 Å². The van der Waals surface area contributed by atoms with Crippen LogP contribution in [0.2, 0.25) is 0 Å². The van der Waals surface area contributed by atoms with Crippen LogP contribution in [0.15, 0.2) is 54.4 Å². The lowest BCUT2D eigenvalue weighted by Crippen LogP contribution is -2.49. The fourth-order valence-electron chi connectivity index (χ4n) is 3.30. The van der Waals surface area contributed by atoms with Gasteiger partial charge in [-0.2, -0.15) is 0 Å². The molecule has 0 saturated heterocycles. The molecule has 0 saturated carbocycles. The zero-order chi connectivity index (χ0) is 17.8. The maximum Gasteiger partial charge on any atom is 0.737 e. The Bertz CT molecular complexity index is 1010. The Hall–Kier alpha value is -3.23. The Morgan fingerprint density at radius 2 is 2.12 bits per heavy atom. The highest BCUT2D eigenvalue weighted by Crippen LogP contribution is 2.40. The van der Waals surface area contributed by atoms with Crippen molar-refractivity contribution in [3.8, 4) is 5.75 Å². The molecule has 0 amide bonds. The minimum Gasteiger partial charge on any atom is -0.490 e. The predicted octanol–water partition coefficient (Wildman–Crippen LogP) is 3.05. The highest BCUT2D eigenvalue weighted by molar-refractivity contribution is 6.57. The van der Waals surface area contributed by atoms with Crippen LogP contribution in [0, 0.1) is 10.1 Å². The average molecular weight is 343 g/mol. The molecule has 0 spiro atoms. The van der Waals surface area contributed by atoms with Crippen molar-refractivity contribution in [3.05, 3.63) is 75.7 Å². The Balaban J connectivity index is 2.00. The van der Waals surface area contributed by atoms with Gasteiger partial charge < -0.3 is 22.3 Å². The molecule has 2 aromatic rings. The Morgan fingerprint density at radius 3 is 2.84 bits per heavy atom. The summed E-state index contributed by atoms with van der Waals surface area (Å²) in [5, 5.41) is 11.3. The number of nitrogens with zero attached hydrogens (tertiary/aromatic N) is 3. The molecule has 1 aromatic carbocycles. The highest BCUT2D eigenvalue weighted by Gasteiger charge is 2.51. The molecule has 2 aliphatic heterocycles. The first-order chi connectivity index (χ1) is 11.9. The molecular weight excluding hydrogens is 331 g/mol. The SMILES string of the molecule is COc1ccc(C2=C3C=CC=[N+]3[B-](F)(F)n3cccc32)cc1[N+](=O)[O-]. The summed E-state index contributed by atoms with van der Waals surface area (Å²) in [6.07, 6.45) is 5.75. The molecule has 126 valence electrons. The molecule has 6 nitrogen and oxygen atoms in total. The number of ether oxygens (including phenoxy) is 1. The largest absolute Gasteiger partial charge is 0.737 e. The summed E-state index contributed by atoms with van der Waals surface area (Å²) >= 11 is 0. The lowest BCUT2D eigenvalue weighted by atomic mass is 9.86. The van der Waals surface area contributed by atoms with Gasteiger partial charge in [0.15, 0.2) is 11.4 Å². The number of benzene rings is 1. The third-order valence-corrected chi connectivity index (χ3v) is 4.40. The zero-order valence-electron chi connectivity index (χ0n) is 13.1. The monoisotopic (exact) mass is 343 g/mol. The summed E-state index contributed by atoms with van der Waals surface area (Å²) in [6, 6.07) is 7.57. The van der Waals surface area contributed by atoms with E-state index in [1.807, 2.05) is 0 Å². The molecule has 25 heavy (non-hydrogen) atoms. The van der Waals surface area contributed by atoms with Gasteiger partial charge in [-0.05, 0) is 36.0 Å². The molecule has 0 radical (unpaired) electrons. The first-order valence-electron chi connectivity index (χ1n) is 7.52. The number of hydrogen-bond donors (Lipinski definition) is 0. The number of aromatic nitrogens is 1. The van der Waals surface area contributed by atoms with E-state index in [-0.39, 0.29) is 11.4 Å². The van der Waals surface area contributed by atoms with Crippen LogP contribution in [-0.2, 0) is 0 Å². The molecule has 0 aliphatic carbocycles. The van der Waals surface area contributed by atoms with Crippen molar-refractivity contribution in [2.75, 3.05) is 7.11 Å². The summed E-state index contributed by atoms with van der Waals surface area (Å²) in [6.45, 7) is -3.99. The summed E-state index contributed by atoms with van der Waals surface area (Å²) in [5.41, 5.74) is 1.39. The van der Waals surface area contributed by atoms with Gasteiger partial charge in [0.1, 0.15) is 6.21 Å². The maximum absolute atomic E-state index is 14.7. The van der Waals surface area contributed by atoms with Gasteiger partial charge in [-0.25, -0.2) is 0 Å². The van der Waals surface area contributed by atoms with Crippen LogP contribution in [-0.4, -0.2) is 34.2 Å². The van der Waals surface area contributed by atoms with Crippen LogP contribution < -0.4 is 4.74 Å². The third kappa shape index (κ3) is 2.05. The number of halogens is 2.